The van der Waals surface area contributed by atoms with Gasteiger partial charge in [-0.05, 0) is 52.1 Å². The van der Waals surface area contributed by atoms with Crippen molar-refractivity contribution in [3.8, 4) is 0 Å². The van der Waals surface area contributed by atoms with Crippen LogP contribution in [0.15, 0.2) is 18.2 Å². The first-order chi connectivity index (χ1) is 6.34. The third-order valence-electron chi connectivity index (χ3n) is 2.58. The molecule has 2 heteroatoms. The Balaban J connectivity index is 3.14. The summed E-state index contributed by atoms with van der Waals surface area (Å²) in [5.74, 6) is 0. The van der Waals surface area contributed by atoms with Gasteiger partial charge in [0.1, 0.15) is 0 Å². The fourth-order valence-corrected chi connectivity index (χ4v) is 1.95. The zero-order chi connectivity index (χ0) is 10.9. The van der Waals surface area contributed by atoms with Crippen LogP contribution in [-0.4, -0.2) is 0 Å². The summed E-state index contributed by atoms with van der Waals surface area (Å²) in [5, 5.41) is 0. The molecule has 0 radical (unpaired) electrons. The molecule has 0 fully saturated rings. The first kappa shape index (κ1) is 12.0. The van der Waals surface area contributed by atoms with E-state index in [0.717, 1.165) is 0 Å². The van der Waals surface area contributed by atoms with Crippen LogP contribution in [0.4, 0.5) is 0 Å². The predicted molar refractivity (Wildman–Crippen MR) is 70.3 cm³/mol. The molecule has 0 heterocycles. The second-order valence-electron chi connectivity index (χ2n) is 4.80. The quantitative estimate of drug-likeness (QED) is 0.788. The van der Waals surface area contributed by atoms with Crippen LogP contribution in [0.3, 0.4) is 0 Å². The van der Waals surface area contributed by atoms with Crippen molar-refractivity contribution in [1.29, 1.82) is 0 Å². The zero-order valence-corrected chi connectivity index (χ0v) is 11.4. The van der Waals surface area contributed by atoms with E-state index in [1.807, 2.05) is 0 Å². The van der Waals surface area contributed by atoms with Gasteiger partial charge in [0.05, 0.1) is 0 Å². The molecule has 0 saturated carbocycles. The van der Waals surface area contributed by atoms with Crippen LogP contribution in [0.25, 0.3) is 0 Å². The Morgan fingerprint density at radius 2 is 1.86 bits per heavy atom. The third kappa shape index (κ3) is 2.48. The zero-order valence-electron chi connectivity index (χ0n) is 9.26. The topological polar surface area (TPSA) is 26.0 Å². The van der Waals surface area contributed by atoms with Crippen LogP contribution in [0.1, 0.15) is 37.9 Å². The van der Waals surface area contributed by atoms with Gasteiger partial charge in [-0.1, -0.05) is 32.9 Å². The van der Waals surface area contributed by atoms with Gasteiger partial charge >= 0.3 is 0 Å². The van der Waals surface area contributed by atoms with E-state index in [9.17, 15) is 0 Å². The second kappa shape index (κ2) is 4.19. The molecule has 1 aromatic carbocycles. The number of nitrogens with two attached hydrogens (primary N) is 1. The lowest BCUT2D eigenvalue weighted by molar-refractivity contribution is 0.326. The van der Waals surface area contributed by atoms with Gasteiger partial charge in [0.15, 0.2) is 0 Å². The molecule has 0 aliphatic rings. The summed E-state index contributed by atoms with van der Waals surface area (Å²) >= 11 is 2.36. The first-order valence-electron chi connectivity index (χ1n) is 4.84. The van der Waals surface area contributed by atoms with Gasteiger partial charge in [-0.2, -0.15) is 0 Å². The van der Waals surface area contributed by atoms with Crippen LogP contribution in [0.5, 0.6) is 0 Å². The summed E-state index contributed by atoms with van der Waals surface area (Å²) in [4.78, 5) is 0. The number of benzene rings is 1. The number of rotatable bonds is 1. The molecular weight excluding hydrogens is 285 g/mol. The van der Waals surface area contributed by atoms with Crippen molar-refractivity contribution < 1.29 is 0 Å². The lowest BCUT2D eigenvalue weighted by Gasteiger charge is -2.28. The fraction of sp³-hybridized carbons (Fsp3) is 0.500. The molecular formula is C12H18IN. The Kier molecular flexibility index (Phi) is 3.58. The summed E-state index contributed by atoms with van der Waals surface area (Å²) in [7, 11) is 0. The highest BCUT2D eigenvalue weighted by molar-refractivity contribution is 14.1. The average Bonchev–Trinajstić information content (AvgIpc) is 2.07. The largest absolute Gasteiger partial charge is 0.324 e. The number of halogens is 1. The maximum atomic E-state index is 6.24. The molecule has 1 unspecified atom stereocenters. The van der Waals surface area contributed by atoms with E-state index in [1.165, 1.54) is 14.7 Å². The molecule has 0 spiro atoms. The van der Waals surface area contributed by atoms with E-state index in [2.05, 4.69) is 68.5 Å². The van der Waals surface area contributed by atoms with Crippen LogP contribution < -0.4 is 5.73 Å². The molecule has 1 aromatic rings. The van der Waals surface area contributed by atoms with Crippen molar-refractivity contribution in [2.45, 2.75) is 33.7 Å². The van der Waals surface area contributed by atoms with Crippen molar-refractivity contribution in [2.75, 3.05) is 0 Å². The molecule has 2 N–H and O–H groups in total. The Hall–Kier alpha value is -0.0900. The van der Waals surface area contributed by atoms with Gasteiger partial charge < -0.3 is 5.73 Å². The third-order valence-corrected chi connectivity index (χ3v) is 3.75. The maximum absolute atomic E-state index is 6.24. The lowest BCUT2D eigenvalue weighted by Crippen LogP contribution is -2.27. The first-order valence-corrected chi connectivity index (χ1v) is 5.92. The molecule has 78 valence electrons. The minimum Gasteiger partial charge on any atom is -0.324 e. The van der Waals surface area contributed by atoms with E-state index in [0.29, 0.717) is 0 Å². The van der Waals surface area contributed by atoms with E-state index in [1.54, 1.807) is 0 Å². The summed E-state index contributed by atoms with van der Waals surface area (Å²) in [6, 6.07) is 6.44. The van der Waals surface area contributed by atoms with E-state index in [-0.39, 0.29) is 11.5 Å². The maximum Gasteiger partial charge on any atom is 0.0347 e. The van der Waals surface area contributed by atoms with Gasteiger partial charge in [0.2, 0.25) is 0 Å². The monoisotopic (exact) mass is 303 g/mol. The van der Waals surface area contributed by atoms with E-state index < -0.39 is 0 Å². The number of hydrogen-bond acceptors (Lipinski definition) is 1. The predicted octanol–water partition coefficient (Wildman–Crippen LogP) is 3.65. The lowest BCUT2D eigenvalue weighted by atomic mass is 9.81. The van der Waals surface area contributed by atoms with Crippen LogP contribution >= 0.6 is 22.6 Å². The highest BCUT2D eigenvalue weighted by Crippen LogP contribution is 2.33. The molecule has 0 saturated heterocycles. The molecule has 0 amide bonds. The Labute approximate surface area is 100 Å². The Morgan fingerprint density at radius 1 is 1.29 bits per heavy atom. The molecule has 0 aliphatic heterocycles. The minimum absolute atomic E-state index is 0.109. The van der Waals surface area contributed by atoms with Crippen molar-refractivity contribution >= 4 is 22.6 Å². The molecule has 1 rings (SSSR count). The number of hydrogen-bond donors (Lipinski definition) is 1. The van der Waals surface area contributed by atoms with Crippen molar-refractivity contribution in [1.82, 2.24) is 0 Å². The van der Waals surface area contributed by atoms with Gasteiger partial charge in [0, 0.05) is 9.61 Å². The fourth-order valence-electron chi connectivity index (χ4n) is 1.43. The van der Waals surface area contributed by atoms with E-state index in [4.69, 9.17) is 5.73 Å². The molecule has 0 bridgehead atoms. The van der Waals surface area contributed by atoms with Gasteiger partial charge in [-0.3, -0.25) is 0 Å². The van der Waals surface area contributed by atoms with Crippen LogP contribution in [-0.2, 0) is 0 Å². The smallest absolute Gasteiger partial charge is 0.0347 e. The Bertz CT molecular complexity index is 326. The van der Waals surface area contributed by atoms with Crippen LogP contribution in [0.2, 0.25) is 0 Å². The Morgan fingerprint density at radius 3 is 2.36 bits per heavy atom. The minimum atomic E-state index is 0.109. The summed E-state index contributed by atoms with van der Waals surface area (Å²) in [5.41, 5.74) is 8.94. The summed E-state index contributed by atoms with van der Waals surface area (Å²) in [6.07, 6.45) is 0. The van der Waals surface area contributed by atoms with E-state index >= 15 is 0 Å². The standard InChI is InChI=1S/C12H18IN/c1-8-9(6-5-7-10(8)13)11(14)12(2,3)4/h5-7,11H,14H2,1-4H3. The normalized spacial score (nSPS) is 14.1. The molecule has 1 atom stereocenters. The van der Waals surface area contributed by atoms with Crippen LogP contribution in [0, 0.1) is 15.9 Å². The highest BCUT2D eigenvalue weighted by atomic mass is 127. The molecule has 14 heavy (non-hydrogen) atoms. The average molecular weight is 303 g/mol. The SMILES string of the molecule is Cc1c(I)cccc1C(N)C(C)(C)C. The van der Waals surface area contributed by atoms with Crippen molar-refractivity contribution in [2.24, 2.45) is 11.1 Å². The van der Waals surface area contributed by atoms with Crippen molar-refractivity contribution in [3.63, 3.8) is 0 Å². The van der Waals surface area contributed by atoms with Gasteiger partial charge in [-0.25, -0.2) is 0 Å². The molecule has 1 nitrogen and oxygen atoms in total. The molecule has 0 aliphatic carbocycles. The highest BCUT2D eigenvalue weighted by Gasteiger charge is 2.23. The van der Waals surface area contributed by atoms with Gasteiger partial charge in [-0.15, -0.1) is 0 Å². The summed E-state index contributed by atoms with van der Waals surface area (Å²) in [6.45, 7) is 8.67. The molecule has 0 aromatic heterocycles. The summed E-state index contributed by atoms with van der Waals surface area (Å²) < 4.78 is 1.29. The van der Waals surface area contributed by atoms with Gasteiger partial charge in [0.25, 0.3) is 0 Å². The second-order valence-corrected chi connectivity index (χ2v) is 5.96. The van der Waals surface area contributed by atoms with Crippen molar-refractivity contribution in [3.05, 3.63) is 32.9 Å².